The van der Waals surface area contributed by atoms with Crippen LogP contribution >= 0.6 is 0 Å². The Balaban J connectivity index is 1.29. The number of aryl methyl sites for hydroxylation is 1. The maximum Gasteiger partial charge on any atom is 0.157 e. The molecule has 3 unspecified atom stereocenters. The number of piperidine rings is 1. The number of rotatable bonds is 9. The third-order valence-corrected chi connectivity index (χ3v) is 7.85. The molecule has 0 bridgehead atoms. The highest BCUT2D eigenvalue weighted by Crippen LogP contribution is 2.41. The molecular formula is C29H42N4O3. The first-order chi connectivity index (χ1) is 17.6. The van der Waals surface area contributed by atoms with Gasteiger partial charge in [0.05, 0.1) is 19.3 Å². The van der Waals surface area contributed by atoms with Gasteiger partial charge in [0.1, 0.15) is 18.1 Å². The van der Waals surface area contributed by atoms with Gasteiger partial charge < -0.3 is 24.0 Å². The van der Waals surface area contributed by atoms with E-state index in [1.807, 2.05) is 13.0 Å². The van der Waals surface area contributed by atoms with Crippen molar-refractivity contribution in [3.05, 3.63) is 53.3 Å². The van der Waals surface area contributed by atoms with E-state index in [0.29, 0.717) is 31.7 Å². The molecule has 0 spiro atoms. The molecular weight excluding hydrogens is 452 g/mol. The standard InChI is InChI=1S/C29H42N4O3/c1-21-11-12-27(34-18-19-36-28-10-6-7-17-35-28)25(30-21)20-33-26-9-5-4-8-24(26)22(2)29(33)31-23-13-15-32(3)16-14-23/h4-5,8-9,11-12,22-23,28-29,31H,6-7,10,13-20H2,1-3H3. The first kappa shape index (κ1) is 25.5. The summed E-state index contributed by atoms with van der Waals surface area (Å²) in [5, 5.41) is 4.02. The number of fused-ring (bicyclic) bond motifs is 1. The van der Waals surface area contributed by atoms with Crippen molar-refractivity contribution in [1.82, 2.24) is 15.2 Å². The van der Waals surface area contributed by atoms with E-state index in [1.54, 1.807) is 0 Å². The summed E-state index contributed by atoms with van der Waals surface area (Å²) in [5.74, 6) is 1.24. The van der Waals surface area contributed by atoms with Crippen LogP contribution in [0.1, 0.15) is 61.9 Å². The van der Waals surface area contributed by atoms with Crippen LogP contribution in [0.4, 0.5) is 5.69 Å². The molecule has 0 radical (unpaired) electrons. The topological polar surface area (TPSA) is 59.1 Å². The van der Waals surface area contributed by atoms with E-state index in [2.05, 4.69) is 59.4 Å². The number of nitrogens with zero attached hydrogens (tertiary/aromatic N) is 3. The van der Waals surface area contributed by atoms with Crippen molar-refractivity contribution < 1.29 is 14.2 Å². The second kappa shape index (κ2) is 11.9. The molecule has 1 aromatic heterocycles. The fraction of sp³-hybridized carbons (Fsp3) is 0.621. The van der Waals surface area contributed by atoms with Gasteiger partial charge in [-0.2, -0.15) is 0 Å². The highest BCUT2D eigenvalue weighted by molar-refractivity contribution is 5.62. The van der Waals surface area contributed by atoms with Crippen molar-refractivity contribution in [3.8, 4) is 5.75 Å². The molecule has 7 heteroatoms. The molecule has 3 aliphatic heterocycles. The fourth-order valence-electron chi connectivity index (χ4n) is 5.74. The Hall–Kier alpha value is -2.19. The molecule has 4 heterocycles. The minimum atomic E-state index is -0.0908. The van der Waals surface area contributed by atoms with Crippen LogP contribution in [0.25, 0.3) is 0 Å². The summed E-state index contributed by atoms with van der Waals surface area (Å²) in [7, 11) is 2.22. The maximum atomic E-state index is 6.21. The number of hydrogen-bond acceptors (Lipinski definition) is 7. The van der Waals surface area contributed by atoms with Crippen LogP contribution in [0, 0.1) is 6.92 Å². The van der Waals surface area contributed by atoms with Crippen molar-refractivity contribution in [2.75, 3.05) is 44.9 Å². The molecule has 5 rings (SSSR count). The van der Waals surface area contributed by atoms with Crippen molar-refractivity contribution >= 4 is 5.69 Å². The van der Waals surface area contributed by atoms with Gasteiger partial charge in [-0.25, -0.2) is 0 Å². The normalized spacial score (nSPS) is 25.2. The lowest BCUT2D eigenvalue weighted by molar-refractivity contribution is -0.165. The first-order valence-electron chi connectivity index (χ1n) is 13.7. The Kier molecular flexibility index (Phi) is 8.42. The molecule has 0 aliphatic carbocycles. The summed E-state index contributed by atoms with van der Waals surface area (Å²) in [5.41, 5.74) is 4.67. The lowest BCUT2D eigenvalue weighted by Gasteiger charge is -2.37. The second-order valence-electron chi connectivity index (χ2n) is 10.6. The number of ether oxygens (including phenoxy) is 3. The second-order valence-corrected chi connectivity index (χ2v) is 10.6. The van der Waals surface area contributed by atoms with Crippen LogP contribution in [0.5, 0.6) is 5.75 Å². The van der Waals surface area contributed by atoms with Gasteiger partial charge >= 0.3 is 0 Å². The molecule has 2 aromatic rings. The molecule has 0 saturated carbocycles. The summed E-state index contributed by atoms with van der Waals surface area (Å²) >= 11 is 0. The molecule has 2 saturated heterocycles. The minimum Gasteiger partial charge on any atom is -0.489 e. The van der Waals surface area contributed by atoms with Gasteiger partial charge in [-0.05, 0) is 82.9 Å². The van der Waals surface area contributed by atoms with Crippen molar-refractivity contribution in [3.63, 3.8) is 0 Å². The summed E-state index contributed by atoms with van der Waals surface area (Å²) in [6, 6.07) is 13.4. The fourth-order valence-corrected chi connectivity index (χ4v) is 5.74. The van der Waals surface area contributed by atoms with Crippen LogP contribution in [0.15, 0.2) is 36.4 Å². The quantitative estimate of drug-likeness (QED) is 0.517. The lowest BCUT2D eigenvalue weighted by Crippen LogP contribution is -2.52. The zero-order valence-electron chi connectivity index (χ0n) is 22.1. The van der Waals surface area contributed by atoms with E-state index < -0.39 is 0 Å². The number of pyridine rings is 1. The Morgan fingerprint density at radius 1 is 1.06 bits per heavy atom. The number of benzene rings is 1. The highest BCUT2D eigenvalue weighted by atomic mass is 16.7. The number of para-hydroxylation sites is 1. The highest BCUT2D eigenvalue weighted by Gasteiger charge is 2.37. The zero-order valence-corrected chi connectivity index (χ0v) is 22.1. The van der Waals surface area contributed by atoms with Gasteiger partial charge in [-0.3, -0.25) is 10.3 Å². The van der Waals surface area contributed by atoms with Gasteiger partial charge in [-0.1, -0.05) is 25.1 Å². The van der Waals surface area contributed by atoms with Gasteiger partial charge in [-0.15, -0.1) is 0 Å². The average molecular weight is 495 g/mol. The molecule has 196 valence electrons. The smallest absolute Gasteiger partial charge is 0.157 e. The van der Waals surface area contributed by atoms with Crippen LogP contribution < -0.4 is 15.0 Å². The number of likely N-dealkylation sites (tertiary alicyclic amines) is 1. The molecule has 1 aromatic carbocycles. The molecule has 7 nitrogen and oxygen atoms in total. The first-order valence-corrected chi connectivity index (χ1v) is 13.7. The van der Waals surface area contributed by atoms with E-state index >= 15 is 0 Å². The zero-order chi connectivity index (χ0) is 24.9. The molecule has 3 aliphatic rings. The third-order valence-electron chi connectivity index (χ3n) is 7.85. The van der Waals surface area contributed by atoms with Crippen molar-refractivity contribution in [2.24, 2.45) is 0 Å². The minimum absolute atomic E-state index is 0.0908. The van der Waals surface area contributed by atoms with Crippen molar-refractivity contribution in [2.45, 2.75) is 76.9 Å². The predicted octanol–water partition coefficient (Wildman–Crippen LogP) is 4.45. The van der Waals surface area contributed by atoms with Crippen LogP contribution in [0.3, 0.4) is 0 Å². The number of nitrogens with one attached hydrogen (secondary N) is 1. The number of hydrogen-bond donors (Lipinski definition) is 1. The van der Waals surface area contributed by atoms with Crippen LogP contribution in [-0.2, 0) is 16.0 Å². The van der Waals surface area contributed by atoms with Crippen LogP contribution in [0.2, 0.25) is 0 Å². The summed E-state index contributed by atoms with van der Waals surface area (Å²) < 4.78 is 17.8. The maximum absolute atomic E-state index is 6.21. The largest absolute Gasteiger partial charge is 0.489 e. The SMILES string of the molecule is Cc1ccc(OCCOC2CCCCO2)c(CN2c3ccccc3C(C)C2NC2CCN(C)CC2)n1. The molecule has 2 fully saturated rings. The molecule has 3 atom stereocenters. The molecule has 36 heavy (non-hydrogen) atoms. The van der Waals surface area contributed by atoms with E-state index in [0.717, 1.165) is 49.7 Å². The van der Waals surface area contributed by atoms with Crippen LogP contribution in [-0.4, -0.2) is 68.3 Å². The Morgan fingerprint density at radius 3 is 2.69 bits per heavy atom. The van der Waals surface area contributed by atoms with E-state index in [1.165, 1.54) is 30.5 Å². The lowest BCUT2D eigenvalue weighted by atomic mass is 9.99. The van der Waals surface area contributed by atoms with Crippen molar-refractivity contribution in [1.29, 1.82) is 0 Å². The van der Waals surface area contributed by atoms with E-state index in [4.69, 9.17) is 19.2 Å². The van der Waals surface area contributed by atoms with Gasteiger partial charge in [0, 0.05) is 29.9 Å². The predicted molar refractivity (Wildman–Crippen MR) is 142 cm³/mol. The molecule has 0 amide bonds. The number of anilines is 1. The van der Waals surface area contributed by atoms with Gasteiger partial charge in [0.25, 0.3) is 0 Å². The van der Waals surface area contributed by atoms with Gasteiger partial charge in [0.15, 0.2) is 6.29 Å². The Morgan fingerprint density at radius 2 is 1.89 bits per heavy atom. The Labute approximate surface area is 216 Å². The average Bonchev–Trinajstić information content (AvgIpc) is 3.15. The summed E-state index contributed by atoms with van der Waals surface area (Å²) in [6.45, 7) is 9.19. The number of aromatic nitrogens is 1. The monoisotopic (exact) mass is 494 g/mol. The van der Waals surface area contributed by atoms with E-state index in [-0.39, 0.29) is 12.5 Å². The third kappa shape index (κ3) is 6.02. The summed E-state index contributed by atoms with van der Waals surface area (Å²) in [4.78, 5) is 9.85. The summed E-state index contributed by atoms with van der Waals surface area (Å²) in [6.07, 6.45) is 5.78. The van der Waals surface area contributed by atoms with E-state index in [9.17, 15) is 0 Å². The van der Waals surface area contributed by atoms with Gasteiger partial charge in [0.2, 0.25) is 0 Å². The molecule has 1 N–H and O–H groups in total. The Bertz CT molecular complexity index is 988.